The number of anilines is 1. The molecule has 1 atom stereocenters. The van der Waals surface area contributed by atoms with E-state index in [1.807, 2.05) is 41.5 Å². The molecule has 0 bridgehead atoms. The van der Waals surface area contributed by atoms with Crippen LogP contribution in [0.3, 0.4) is 0 Å². The van der Waals surface area contributed by atoms with Crippen molar-refractivity contribution in [3.63, 3.8) is 0 Å². The largest absolute Gasteiger partial charge is 0.311 e. The summed E-state index contributed by atoms with van der Waals surface area (Å²) >= 11 is 0. The number of hydrogen-bond acceptors (Lipinski definition) is 3. The van der Waals surface area contributed by atoms with E-state index in [1.165, 1.54) is 0 Å². The van der Waals surface area contributed by atoms with Gasteiger partial charge in [0, 0.05) is 12.6 Å². The normalized spacial score (nSPS) is 18.2. The number of amides is 1. The molecule has 1 amide bonds. The fourth-order valence-electron chi connectivity index (χ4n) is 3.01. The Balaban J connectivity index is 2.61. The topological polar surface area (TPSA) is 66.5 Å². The van der Waals surface area contributed by atoms with E-state index in [2.05, 4.69) is 4.72 Å². The van der Waals surface area contributed by atoms with Gasteiger partial charge in [-0.05, 0) is 64.3 Å². The molecule has 1 heterocycles. The average Bonchev–Trinajstić information content (AvgIpc) is 2.66. The number of rotatable bonds is 5. The second kappa shape index (κ2) is 5.91. The quantitative estimate of drug-likeness (QED) is 0.897. The van der Waals surface area contributed by atoms with Gasteiger partial charge < -0.3 is 4.90 Å². The molecule has 1 N–H and O–H groups in total. The molecule has 0 radical (unpaired) electrons. The van der Waals surface area contributed by atoms with E-state index < -0.39 is 15.4 Å². The second-order valence-corrected chi connectivity index (χ2v) is 8.46. The summed E-state index contributed by atoms with van der Waals surface area (Å²) in [7, 11) is -3.59. The molecule has 23 heavy (non-hydrogen) atoms. The number of fused-ring (bicyclic) bond motifs is 1. The van der Waals surface area contributed by atoms with Crippen LogP contribution in [-0.2, 0) is 20.2 Å². The molecular weight excluding hydrogens is 312 g/mol. The number of nitrogens with one attached hydrogen (secondary N) is 1. The third-order valence-corrected chi connectivity index (χ3v) is 6.16. The maximum atomic E-state index is 12.6. The molecule has 0 spiro atoms. The highest BCUT2D eigenvalue weighted by Crippen LogP contribution is 2.44. The van der Waals surface area contributed by atoms with Gasteiger partial charge in [-0.1, -0.05) is 6.92 Å². The molecule has 5 nitrogen and oxygen atoms in total. The summed E-state index contributed by atoms with van der Waals surface area (Å²) in [5, 5.41) is 0. The van der Waals surface area contributed by atoms with Crippen LogP contribution in [0.5, 0.6) is 0 Å². The summed E-state index contributed by atoms with van der Waals surface area (Å²) in [6.45, 7) is 11.8. The molecule has 0 aliphatic carbocycles. The van der Waals surface area contributed by atoms with Crippen molar-refractivity contribution >= 4 is 21.6 Å². The Morgan fingerprint density at radius 2 is 1.87 bits per heavy atom. The van der Waals surface area contributed by atoms with Crippen molar-refractivity contribution in [2.24, 2.45) is 0 Å². The smallest absolute Gasteiger partial charge is 0.240 e. The van der Waals surface area contributed by atoms with Crippen molar-refractivity contribution in [2.45, 2.75) is 64.3 Å². The number of hydrogen-bond donors (Lipinski definition) is 1. The molecule has 1 aliphatic rings. The van der Waals surface area contributed by atoms with Gasteiger partial charge in [-0.15, -0.1) is 0 Å². The molecule has 0 aromatic heterocycles. The molecule has 6 heteroatoms. The average molecular weight is 338 g/mol. The van der Waals surface area contributed by atoms with E-state index in [0.29, 0.717) is 6.54 Å². The van der Waals surface area contributed by atoms with Crippen LogP contribution in [0.1, 0.15) is 52.2 Å². The number of likely N-dealkylation sites (N-methyl/N-ethyl adjacent to an activating group) is 1. The minimum Gasteiger partial charge on any atom is -0.311 e. The molecule has 1 aliphatic heterocycles. The number of benzene rings is 1. The predicted octanol–water partition coefficient (Wildman–Crippen LogP) is 2.72. The fraction of sp³-hybridized carbons (Fsp3) is 0.588. The number of aryl methyl sites for hydroxylation is 1. The SMILES string of the molecule is CC[C@@H](C)NS(=O)(=O)c1cc(C)c2c(c1)C(C)(C)C(=O)N2CC. The van der Waals surface area contributed by atoms with Crippen LogP contribution in [0, 0.1) is 6.92 Å². The monoisotopic (exact) mass is 338 g/mol. The number of nitrogens with zero attached hydrogens (tertiary/aromatic N) is 1. The lowest BCUT2D eigenvalue weighted by Gasteiger charge is -2.18. The molecular formula is C17H26N2O3S. The van der Waals surface area contributed by atoms with Gasteiger partial charge in [0.25, 0.3) is 0 Å². The van der Waals surface area contributed by atoms with E-state index in [9.17, 15) is 13.2 Å². The van der Waals surface area contributed by atoms with Crippen molar-refractivity contribution in [2.75, 3.05) is 11.4 Å². The van der Waals surface area contributed by atoms with E-state index in [1.54, 1.807) is 17.0 Å². The minimum atomic E-state index is -3.59. The van der Waals surface area contributed by atoms with E-state index in [-0.39, 0.29) is 16.8 Å². The Labute approximate surface area is 139 Å². The number of carbonyl (C=O) groups is 1. The highest BCUT2D eigenvalue weighted by Gasteiger charge is 2.44. The van der Waals surface area contributed by atoms with Crippen LogP contribution in [-0.4, -0.2) is 26.9 Å². The van der Waals surface area contributed by atoms with Crippen molar-refractivity contribution in [3.05, 3.63) is 23.3 Å². The van der Waals surface area contributed by atoms with Crippen LogP contribution in [0.4, 0.5) is 5.69 Å². The number of carbonyl (C=O) groups excluding carboxylic acids is 1. The van der Waals surface area contributed by atoms with Crippen molar-refractivity contribution < 1.29 is 13.2 Å². The molecule has 0 unspecified atom stereocenters. The molecule has 1 aromatic carbocycles. The van der Waals surface area contributed by atoms with E-state index in [0.717, 1.165) is 23.2 Å². The first-order chi connectivity index (χ1) is 10.6. The van der Waals surface area contributed by atoms with Crippen molar-refractivity contribution in [1.29, 1.82) is 0 Å². The lowest BCUT2D eigenvalue weighted by atomic mass is 9.85. The third-order valence-electron chi connectivity index (χ3n) is 4.59. The minimum absolute atomic E-state index is 0.0162. The van der Waals surface area contributed by atoms with Gasteiger partial charge in [0.15, 0.2) is 0 Å². The summed E-state index contributed by atoms with van der Waals surface area (Å²) in [4.78, 5) is 14.6. The highest BCUT2D eigenvalue weighted by molar-refractivity contribution is 7.89. The van der Waals surface area contributed by atoms with E-state index >= 15 is 0 Å². The predicted molar refractivity (Wildman–Crippen MR) is 92.3 cm³/mol. The van der Waals surface area contributed by atoms with Gasteiger partial charge in [0.2, 0.25) is 15.9 Å². The summed E-state index contributed by atoms with van der Waals surface area (Å²) in [5.74, 6) is 0.0162. The first-order valence-electron chi connectivity index (χ1n) is 8.05. The summed E-state index contributed by atoms with van der Waals surface area (Å²) in [5.41, 5.74) is 1.74. The third kappa shape index (κ3) is 2.90. The summed E-state index contributed by atoms with van der Waals surface area (Å²) in [6.07, 6.45) is 0.719. The van der Waals surface area contributed by atoms with Gasteiger partial charge in [-0.3, -0.25) is 4.79 Å². The Hall–Kier alpha value is -1.40. The van der Waals surface area contributed by atoms with Gasteiger partial charge >= 0.3 is 0 Å². The summed E-state index contributed by atoms with van der Waals surface area (Å²) < 4.78 is 27.9. The van der Waals surface area contributed by atoms with Gasteiger partial charge in [-0.25, -0.2) is 13.1 Å². The molecule has 2 rings (SSSR count). The standard InChI is InChI=1S/C17H26N2O3S/c1-7-12(4)18-23(21,22)13-9-11(3)15-14(10-13)17(5,6)16(20)19(15)8-2/h9-10,12,18H,7-8H2,1-6H3/t12-/m1/s1. The zero-order chi connectivity index (χ0) is 17.6. The maximum Gasteiger partial charge on any atom is 0.240 e. The Bertz CT molecular complexity index is 738. The lowest BCUT2D eigenvalue weighted by molar-refractivity contribution is -0.122. The molecule has 0 fully saturated rings. The van der Waals surface area contributed by atoms with Gasteiger partial charge in [0.1, 0.15) is 0 Å². The number of sulfonamides is 1. The molecule has 128 valence electrons. The van der Waals surface area contributed by atoms with E-state index in [4.69, 9.17) is 0 Å². The first kappa shape index (κ1) is 17.9. The zero-order valence-corrected chi connectivity index (χ0v) is 15.5. The lowest BCUT2D eigenvalue weighted by Crippen LogP contribution is -2.36. The fourth-order valence-corrected chi connectivity index (χ4v) is 4.45. The van der Waals surface area contributed by atoms with Gasteiger partial charge in [-0.2, -0.15) is 0 Å². The van der Waals surface area contributed by atoms with Crippen molar-refractivity contribution in [3.8, 4) is 0 Å². The Morgan fingerprint density at radius 1 is 1.26 bits per heavy atom. The Morgan fingerprint density at radius 3 is 2.39 bits per heavy atom. The molecule has 1 aromatic rings. The van der Waals surface area contributed by atoms with Crippen LogP contribution in [0.15, 0.2) is 17.0 Å². The molecule has 0 saturated carbocycles. The highest BCUT2D eigenvalue weighted by atomic mass is 32.2. The van der Waals surface area contributed by atoms with Crippen LogP contribution in [0.2, 0.25) is 0 Å². The summed E-state index contributed by atoms with van der Waals surface area (Å²) in [6, 6.07) is 3.18. The second-order valence-electron chi connectivity index (χ2n) is 6.74. The first-order valence-corrected chi connectivity index (χ1v) is 9.54. The van der Waals surface area contributed by atoms with Crippen molar-refractivity contribution in [1.82, 2.24) is 4.72 Å². The zero-order valence-electron chi connectivity index (χ0n) is 14.7. The maximum absolute atomic E-state index is 12.6. The molecule has 0 saturated heterocycles. The van der Waals surface area contributed by atoms with Gasteiger partial charge in [0.05, 0.1) is 16.0 Å². The van der Waals surface area contributed by atoms with Crippen LogP contribution >= 0.6 is 0 Å². The van der Waals surface area contributed by atoms with Crippen LogP contribution < -0.4 is 9.62 Å². The van der Waals surface area contributed by atoms with Crippen LogP contribution in [0.25, 0.3) is 0 Å². The Kier molecular flexibility index (Phi) is 4.61.